The summed E-state index contributed by atoms with van der Waals surface area (Å²) in [5.74, 6) is 0.676. The summed E-state index contributed by atoms with van der Waals surface area (Å²) in [7, 11) is 1.84. The van der Waals surface area contributed by atoms with Crippen LogP contribution >= 0.6 is 0 Å². The van der Waals surface area contributed by atoms with E-state index in [2.05, 4.69) is 44.2 Å². The van der Waals surface area contributed by atoms with Crippen LogP contribution in [-0.4, -0.2) is 50.5 Å². The molecule has 2 aromatic heterocycles. The number of rotatable bonds is 5. The summed E-state index contributed by atoms with van der Waals surface area (Å²) in [5.41, 5.74) is 10.6. The first-order valence-corrected chi connectivity index (χ1v) is 10.5. The highest BCUT2D eigenvalue weighted by atomic mass is 16.2. The Labute approximate surface area is 176 Å². The fourth-order valence-electron chi connectivity index (χ4n) is 4.09. The number of hydrogen-bond donors (Lipinski definition) is 1. The van der Waals surface area contributed by atoms with Crippen molar-refractivity contribution < 1.29 is 4.79 Å². The molecule has 30 heavy (non-hydrogen) atoms. The van der Waals surface area contributed by atoms with Gasteiger partial charge in [0.25, 0.3) is 5.78 Å². The molecule has 0 saturated carbocycles. The number of nitrogens with two attached hydrogens (primary N) is 1. The molecule has 3 heterocycles. The molecule has 0 bridgehead atoms. The maximum absolute atomic E-state index is 12.9. The van der Waals surface area contributed by atoms with Crippen molar-refractivity contribution in [1.82, 2.24) is 24.5 Å². The van der Waals surface area contributed by atoms with Crippen molar-refractivity contribution in [2.75, 3.05) is 30.8 Å². The number of hydrogen-bond acceptors (Lipinski definition) is 6. The Kier molecular flexibility index (Phi) is 5.57. The number of aryl methyl sites for hydroxylation is 2. The van der Waals surface area contributed by atoms with Crippen molar-refractivity contribution in [1.29, 1.82) is 0 Å². The SMILES string of the molecule is Cc1nc2nc(N)nn2c(C)c1CC(=O)N(C)Cc1ccc(N2CCCCC2)cc1. The van der Waals surface area contributed by atoms with Crippen LogP contribution in [-0.2, 0) is 17.8 Å². The van der Waals surface area contributed by atoms with E-state index in [-0.39, 0.29) is 18.3 Å². The van der Waals surface area contributed by atoms with Crippen LogP contribution in [0.1, 0.15) is 41.8 Å². The predicted molar refractivity (Wildman–Crippen MR) is 117 cm³/mol. The van der Waals surface area contributed by atoms with Gasteiger partial charge in [-0.15, -0.1) is 5.10 Å². The number of carbonyl (C=O) groups excluding carboxylic acids is 1. The van der Waals surface area contributed by atoms with E-state index in [0.717, 1.165) is 35.6 Å². The standard InChI is InChI=1S/C22H29N7O/c1-15-19(16(2)29-22(24-15)25-21(23)26-29)13-20(30)27(3)14-17-7-9-18(10-8-17)28-11-5-4-6-12-28/h7-10H,4-6,11-14H2,1-3H3,(H2,23,26). The second kappa shape index (κ2) is 8.30. The first kappa shape index (κ1) is 20.1. The van der Waals surface area contributed by atoms with Crippen LogP contribution in [0.25, 0.3) is 5.78 Å². The predicted octanol–water partition coefficient (Wildman–Crippen LogP) is 2.51. The molecule has 1 fully saturated rings. The maximum atomic E-state index is 12.9. The van der Waals surface area contributed by atoms with Gasteiger partial charge in [-0.2, -0.15) is 9.50 Å². The molecule has 0 unspecified atom stereocenters. The van der Waals surface area contributed by atoms with E-state index >= 15 is 0 Å². The Bertz CT molecular complexity index is 1050. The van der Waals surface area contributed by atoms with Gasteiger partial charge in [0.1, 0.15) is 0 Å². The Hall–Kier alpha value is -3.16. The zero-order chi connectivity index (χ0) is 21.3. The van der Waals surface area contributed by atoms with Gasteiger partial charge in [0.05, 0.1) is 6.42 Å². The van der Waals surface area contributed by atoms with Gasteiger partial charge in [0.2, 0.25) is 11.9 Å². The number of fused-ring (bicyclic) bond motifs is 1. The third-order valence-corrected chi connectivity index (χ3v) is 5.90. The number of aromatic nitrogens is 4. The second-order valence-corrected chi connectivity index (χ2v) is 8.08. The quantitative estimate of drug-likeness (QED) is 0.699. The van der Waals surface area contributed by atoms with E-state index < -0.39 is 0 Å². The van der Waals surface area contributed by atoms with E-state index in [4.69, 9.17) is 5.73 Å². The van der Waals surface area contributed by atoms with Crippen molar-refractivity contribution in [3.8, 4) is 0 Å². The fourth-order valence-corrected chi connectivity index (χ4v) is 4.09. The smallest absolute Gasteiger partial charge is 0.254 e. The summed E-state index contributed by atoms with van der Waals surface area (Å²) in [6, 6.07) is 8.58. The minimum atomic E-state index is 0.0375. The lowest BCUT2D eigenvalue weighted by Crippen LogP contribution is -2.30. The highest BCUT2D eigenvalue weighted by Gasteiger charge is 2.18. The Morgan fingerprint density at radius 2 is 1.80 bits per heavy atom. The van der Waals surface area contributed by atoms with Gasteiger partial charge in [0.15, 0.2) is 0 Å². The lowest BCUT2D eigenvalue weighted by Gasteiger charge is -2.29. The molecule has 0 radical (unpaired) electrons. The van der Waals surface area contributed by atoms with Crippen molar-refractivity contribution in [2.24, 2.45) is 0 Å². The number of carbonyl (C=O) groups is 1. The second-order valence-electron chi connectivity index (χ2n) is 8.08. The molecule has 0 spiro atoms. The van der Waals surface area contributed by atoms with E-state index in [1.807, 2.05) is 20.9 Å². The van der Waals surface area contributed by atoms with Crippen LogP contribution in [0, 0.1) is 13.8 Å². The molecule has 0 aliphatic carbocycles. The molecule has 8 heteroatoms. The molecular weight excluding hydrogens is 378 g/mol. The van der Waals surface area contributed by atoms with Crippen LogP contribution < -0.4 is 10.6 Å². The summed E-state index contributed by atoms with van der Waals surface area (Å²) in [4.78, 5) is 25.6. The molecule has 1 saturated heterocycles. The first-order valence-electron chi connectivity index (χ1n) is 10.5. The van der Waals surface area contributed by atoms with Gasteiger partial charge in [-0.05, 0) is 50.8 Å². The third kappa shape index (κ3) is 4.08. The number of benzene rings is 1. The zero-order valence-electron chi connectivity index (χ0n) is 17.9. The monoisotopic (exact) mass is 407 g/mol. The van der Waals surface area contributed by atoms with E-state index in [1.54, 1.807) is 9.42 Å². The molecule has 8 nitrogen and oxygen atoms in total. The van der Waals surface area contributed by atoms with Gasteiger partial charge < -0.3 is 15.5 Å². The van der Waals surface area contributed by atoms with E-state index in [0.29, 0.717) is 12.3 Å². The number of nitrogen functional groups attached to an aromatic ring is 1. The number of likely N-dealkylation sites (N-methyl/N-ethyl adjacent to an activating group) is 1. The van der Waals surface area contributed by atoms with Gasteiger partial charge in [-0.25, -0.2) is 4.98 Å². The van der Waals surface area contributed by atoms with Gasteiger partial charge in [-0.3, -0.25) is 4.79 Å². The topological polar surface area (TPSA) is 92.6 Å². The molecule has 1 aliphatic heterocycles. The Morgan fingerprint density at radius 3 is 2.50 bits per heavy atom. The largest absolute Gasteiger partial charge is 0.372 e. The lowest BCUT2D eigenvalue weighted by atomic mass is 10.1. The molecule has 158 valence electrons. The highest BCUT2D eigenvalue weighted by molar-refractivity contribution is 5.79. The number of nitrogens with zero attached hydrogens (tertiary/aromatic N) is 6. The lowest BCUT2D eigenvalue weighted by molar-refractivity contribution is -0.129. The molecule has 1 aromatic carbocycles. The summed E-state index contributed by atoms with van der Waals surface area (Å²) in [6.45, 7) is 6.64. The van der Waals surface area contributed by atoms with Crippen LogP contribution in [0.5, 0.6) is 0 Å². The summed E-state index contributed by atoms with van der Waals surface area (Å²) >= 11 is 0. The van der Waals surface area contributed by atoms with Crippen molar-refractivity contribution in [2.45, 2.75) is 46.1 Å². The van der Waals surface area contributed by atoms with E-state index in [1.165, 1.54) is 24.9 Å². The molecule has 1 aliphatic rings. The minimum absolute atomic E-state index is 0.0375. The van der Waals surface area contributed by atoms with Gasteiger partial charge >= 0.3 is 0 Å². The Morgan fingerprint density at radius 1 is 1.10 bits per heavy atom. The minimum Gasteiger partial charge on any atom is -0.372 e. The van der Waals surface area contributed by atoms with Crippen molar-refractivity contribution in [3.63, 3.8) is 0 Å². The molecule has 3 aromatic rings. The van der Waals surface area contributed by atoms with Crippen LogP contribution in [0.2, 0.25) is 0 Å². The third-order valence-electron chi connectivity index (χ3n) is 5.90. The molecular formula is C22H29N7O. The highest BCUT2D eigenvalue weighted by Crippen LogP contribution is 2.21. The normalized spacial score (nSPS) is 14.3. The maximum Gasteiger partial charge on any atom is 0.254 e. The number of piperidine rings is 1. The number of amides is 1. The van der Waals surface area contributed by atoms with Crippen molar-refractivity contribution >= 4 is 23.3 Å². The van der Waals surface area contributed by atoms with Gasteiger partial charge in [0, 0.05) is 49.3 Å². The Balaban J connectivity index is 1.43. The summed E-state index contributed by atoms with van der Waals surface area (Å²) in [5, 5.41) is 4.17. The van der Waals surface area contributed by atoms with Crippen LogP contribution in [0.4, 0.5) is 11.6 Å². The number of anilines is 2. The van der Waals surface area contributed by atoms with Gasteiger partial charge in [-0.1, -0.05) is 12.1 Å². The van der Waals surface area contributed by atoms with Crippen LogP contribution in [0.15, 0.2) is 24.3 Å². The average molecular weight is 408 g/mol. The van der Waals surface area contributed by atoms with Crippen molar-refractivity contribution in [3.05, 3.63) is 46.8 Å². The average Bonchev–Trinajstić information content (AvgIpc) is 3.12. The summed E-state index contributed by atoms with van der Waals surface area (Å²) < 4.78 is 1.60. The molecule has 1 amide bonds. The summed E-state index contributed by atoms with van der Waals surface area (Å²) in [6.07, 6.45) is 4.12. The molecule has 2 N–H and O–H groups in total. The molecule has 0 atom stereocenters. The van der Waals surface area contributed by atoms with E-state index in [9.17, 15) is 4.79 Å². The molecule has 4 rings (SSSR count). The van der Waals surface area contributed by atoms with Crippen LogP contribution in [0.3, 0.4) is 0 Å². The fraction of sp³-hybridized carbons (Fsp3) is 0.455. The first-order chi connectivity index (χ1) is 14.4. The zero-order valence-corrected chi connectivity index (χ0v) is 17.9.